The summed E-state index contributed by atoms with van der Waals surface area (Å²) in [6.45, 7) is 1.18. The second-order valence-electron chi connectivity index (χ2n) is 5.65. The van der Waals surface area contributed by atoms with Gasteiger partial charge in [-0.3, -0.25) is 0 Å². The van der Waals surface area contributed by atoms with Crippen LogP contribution >= 0.6 is 0 Å². The fraction of sp³-hybridized carbons (Fsp3) is 0.368. The molecular weight excluding hydrogens is 336 g/mol. The summed E-state index contributed by atoms with van der Waals surface area (Å²) in [6.07, 6.45) is 3.84. The fourth-order valence-electron chi connectivity index (χ4n) is 2.42. The molecule has 0 aliphatic heterocycles. The van der Waals surface area contributed by atoms with Gasteiger partial charge in [-0.05, 0) is 49.1 Å². The Balaban J connectivity index is 1.94. The third kappa shape index (κ3) is 5.46. The summed E-state index contributed by atoms with van der Waals surface area (Å²) in [5.74, 6) is -4.65. The first-order chi connectivity index (χ1) is 12.0. The van der Waals surface area contributed by atoms with Crippen LogP contribution in [0.25, 0.3) is 11.1 Å². The first-order valence-corrected chi connectivity index (χ1v) is 8.09. The van der Waals surface area contributed by atoms with E-state index in [0.29, 0.717) is 12.4 Å². The van der Waals surface area contributed by atoms with Crippen LogP contribution in [-0.4, -0.2) is 20.3 Å². The zero-order chi connectivity index (χ0) is 18.2. The van der Waals surface area contributed by atoms with Gasteiger partial charge in [0.05, 0.1) is 6.61 Å². The van der Waals surface area contributed by atoms with E-state index in [4.69, 9.17) is 9.47 Å². The topological polar surface area (TPSA) is 18.5 Å². The van der Waals surface area contributed by atoms with E-state index >= 15 is 0 Å². The molecule has 0 fully saturated rings. The van der Waals surface area contributed by atoms with Crippen molar-refractivity contribution >= 4 is 0 Å². The number of halogens is 4. The Morgan fingerprint density at radius 3 is 2.00 bits per heavy atom. The Labute approximate surface area is 144 Å². The molecule has 2 aromatic carbocycles. The highest BCUT2D eigenvalue weighted by Gasteiger charge is 2.14. The largest absolute Gasteiger partial charge is 0.493 e. The second-order valence-corrected chi connectivity index (χ2v) is 5.65. The summed E-state index contributed by atoms with van der Waals surface area (Å²) in [5, 5.41) is 0. The molecule has 0 aromatic heterocycles. The van der Waals surface area contributed by atoms with E-state index in [9.17, 15) is 17.6 Å². The highest BCUT2D eigenvalue weighted by atomic mass is 19.2. The number of hydrogen-bond acceptors (Lipinski definition) is 2. The van der Waals surface area contributed by atoms with Crippen molar-refractivity contribution in [3.63, 3.8) is 0 Å². The molecule has 25 heavy (non-hydrogen) atoms. The minimum Gasteiger partial charge on any atom is -0.493 e. The normalized spacial score (nSPS) is 10.9. The monoisotopic (exact) mass is 356 g/mol. The van der Waals surface area contributed by atoms with Crippen molar-refractivity contribution in [1.29, 1.82) is 0 Å². The van der Waals surface area contributed by atoms with E-state index in [0.717, 1.165) is 50.5 Å². The van der Waals surface area contributed by atoms with E-state index in [1.165, 1.54) is 12.1 Å². The first-order valence-electron chi connectivity index (χ1n) is 8.09. The molecule has 0 aliphatic rings. The molecule has 0 spiro atoms. The van der Waals surface area contributed by atoms with Gasteiger partial charge in [0.15, 0.2) is 17.5 Å². The van der Waals surface area contributed by atoms with Crippen LogP contribution in [-0.2, 0) is 4.74 Å². The molecular formula is C19H20F4O2. The van der Waals surface area contributed by atoms with Gasteiger partial charge in [-0.25, -0.2) is 17.6 Å². The summed E-state index contributed by atoms with van der Waals surface area (Å²) in [7, 11) is 1.66. The average molecular weight is 356 g/mol. The lowest BCUT2D eigenvalue weighted by Gasteiger charge is -2.09. The van der Waals surface area contributed by atoms with Crippen LogP contribution in [0.15, 0.2) is 30.3 Å². The van der Waals surface area contributed by atoms with Crippen LogP contribution in [0, 0.1) is 23.3 Å². The summed E-state index contributed by atoms with van der Waals surface area (Å²) >= 11 is 0. The van der Waals surface area contributed by atoms with Gasteiger partial charge in [0.2, 0.25) is 0 Å². The molecule has 0 heterocycles. The molecule has 0 aliphatic carbocycles. The van der Waals surface area contributed by atoms with Crippen LogP contribution in [0.3, 0.4) is 0 Å². The van der Waals surface area contributed by atoms with Crippen molar-refractivity contribution < 1.29 is 27.0 Å². The number of hydrogen-bond donors (Lipinski definition) is 0. The van der Waals surface area contributed by atoms with Crippen LogP contribution in [0.2, 0.25) is 0 Å². The summed E-state index contributed by atoms with van der Waals surface area (Å²) in [5.41, 5.74) is -0.0942. The Morgan fingerprint density at radius 2 is 1.40 bits per heavy atom. The maximum Gasteiger partial charge on any atom is 0.194 e. The molecule has 0 saturated carbocycles. The smallest absolute Gasteiger partial charge is 0.194 e. The molecule has 0 radical (unpaired) electrons. The SMILES string of the molecule is COCCCCCCOc1ccc(-c2cc(F)c(F)c(F)c2)c(F)c1. The lowest BCUT2D eigenvalue weighted by molar-refractivity contribution is 0.191. The van der Waals surface area contributed by atoms with E-state index < -0.39 is 23.3 Å². The van der Waals surface area contributed by atoms with Crippen LogP contribution in [0.1, 0.15) is 25.7 Å². The number of methoxy groups -OCH3 is 1. The fourth-order valence-corrected chi connectivity index (χ4v) is 2.42. The van der Waals surface area contributed by atoms with E-state index in [1.807, 2.05) is 0 Å². The van der Waals surface area contributed by atoms with Crippen molar-refractivity contribution in [2.45, 2.75) is 25.7 Å². The number of benzene rings is 2. The van der Waals surface area contributed by atoms with Gasteiger partial charge >= 0.3 is 0 Å². The van der Waals surface area contributed by atoms with Crippen molar-refractivity contribution in [2.75, 3.05) is 20.3 Å². The molecule has 2 nitrogen and oxygen atoms in total. The number of unbranched alkanes of at least 4 members (excludes halogenated alkanes) is 3. The van der Waals surface area contributed by atoms with Gasteiger partial charge in [0, 0.05) is 25.3 Å². The van der Waals surface area contributed by atoms with Gasteiger partial charge in [-0.15, -0.1) is 0 Å². The standard InChI is InChI=1S/C19H20F4O2/c1-24-8-4-2-3-5-9-25-14-6-7-15(16(20)12-14)13-10-17(21)19(23)18(22)11-13/h6-7,10-12H,2-5,8-9H2,1H3. The molecule has 2 rings (SSSR count). The van der Waals surface area contributed by atoms with E-state index in [-0.39, 0.29) is 11.1 Å². The lowest BCUT2D eigenvalue weighted by atomic mass is 10.0. The molecule has 0 amide bonds. The van der Waals surface area contributed by atoms with Crippen molar-refractivity contribution in [3.8, 4) is 16.9 Å². The molecule has 6 heteroatoms. The highest BCUT2D eigenvalue weighted by molar-refractivity contribution is 5.65. The Hall–Kier alpha value is -2.08. The van der Waals surface area contributed by atoms with Crippen LogP contribution in [0.4, 0.5) is 17.6 Å². The second kappa shape index (κ2) is 9.42. The molecule has 0 atom stereocenters. The zero-order valence-electron chi connectivity index (χ0n) is 14.0. The Kier molecular flexibility index (Phi) is 7.25. The maximum absolute atomic E-state index is 14.2. The van der Waals surface area contributed by atoms with Gasteiger partial charge < -0.3 is 9.47 Å². The third-order valence-electron chi connectivity index (χ3n) is 3.75. The van der Waals surface area contributed by atoms with E-state index in [2.05, 4.69) is 0 Å². The van der Waals surface area contributed by atoms with Crippen LogP contribution < -0.4 is 4.74 Å². The van der Waals surface area contributed by atoms with Crippen molar-refractivity contribution in [3.05, 3.63) is 53.6 Å². The Bertz CT molecular complexity index is 681. The maximum atomic E-state index is 14.2. The van der Waals surface area contributed by atoms with Gasteiger partial charge in [-0.1, -0.05) is 6.42 Å². The quantitative estimate of drug-likeness (QED) is 0.336. The average Bonchev–Trinajstić information content (AvgIpc) is 2.58. The Morgan fingerprint density at radius 1 is 0.760 bits per heavy atom. The molecule has 2 aromatic rings. The minimum atomic E-state index is -1.57. The molecule has 0 saturated heterocycles. The number of rotatable bonds is 9. The molecule has 0 N–H and O–H groups in total. The predicted molar refractivity (Wildman–Crippen MR) is 87.5 cm³/mol. The zero-order valence-corrected chi connectivity index (χ0v) is 14.0. The van der Waals surface area contributed by atoms with E-state index in [1.54, 1.807) is 7.11 Å². The first kappa shape index (κ1) is 19.2. The number of ether oxygens (including phenoxy) is 2. The molecule has 0 unspecified atom stereocenters. The van der Waals surface area contributed by atoms with Gasteiger partial charge in [-0.2, -0.15) is 0 Å². The lowest BCUT2D eigenvalue weighted by Crippen LogP contribution is -1.99. The third-order valence-corrected chi connectivity index (χ3v) is 3.75. The molecule has 0 bridgehead atoms. The highest BCUT2D eigenvalue weighted by Crippen LogP contribution is 2.28. The van der Waals surface area contributed by atoms with Gasteiger partial charge in [0.1, 0.15) is 11.6 Å². The summed E-state index contributed by atoms with van der Waals surface area (Å²) in [6, 6.07) is 5.55. The van der Waals surface area contributed by atoms with Crippen molar-refractivity contribution in [1.82, 2.24) is 0 Å². The molecule has 136 valence electrons. The van der Waals surface area contributed by atoms with Crippen molar-refractivity contribution in [2.24, 2.45) is 0 Å². The summed E-state index contributed by atoms with van der Waals surface area (Å²) < 4.78 is 64.2. The van der Waals surface area contributed by atoms with Crippen LogP contribution in [0.5, 0.6) is 5.75 Å². The van der Waals surface area contributed by atoms with Gasteiger partial charge in [0.25, 0.3) is 0 Å². The summed E-state index contributed by atoms with van der Waals surface area (Å²) in [4.78, 5) is 0. The predicted octanol–water partition coefficient (Wildman–Crippen LogP) is 5.50. The minimum absolute atomic E-state index is 0.0234.